The fraction of sp³-hybridized carbons (Fsp3) is 0.571. The van der Waals surface area contributed by atoms with Gasteiger partial charge in [-0.05, 0) is 37.4 Å². The maximum atomic E-state index is 6.25. The Labute approximate surface area is 109 Å². The van der Waals surface area contributed by atoms with Gasteiger partial charge in [0, 0.05) is 23.7 Å². The van der Waals surface area contributed by atoms with Crippen molar-refractivity contribution in [1.82, 2.24) is 4.90 Å². The second-order valence-corrected chi connectivity index (χ2v) is 5.53. The molecule has 2 rings (SSSR count). The van der Waals surface area contributed by atoms with Crippen molar-refractivity contribution in [3.8, 4) is 0 Å². The first-order valence-electron chi connectivity index (χ1n) is 6.33. The van der Waals surface area contributed by atoms with Gasteiger partial charge in [0.05, 0.1) is 0 Å². The van der Waals surface area contributed by atoms with E-state index in [2.05, 4.69) is 24.8 Å². The van der Waals surface area contributed by atoms with Gasteiger partial charge in [0.2, 0.25) is 0 Å². The maximum absolute atomic E-state index is 6.25. The Hall–Kier alpha value is -0.570. The number of likely N-dealkylation sites (tertiary alicyclic amines) is 1. The molecule has 3 atom stereocenters. The molecule has 0 saturated carbocycles. The normalized spacial score (nSPS) is 28.0. The predicted octanol–water partition coefficient (Wildman–Crippen LogP) is 3.07. The van der Waals surface area contributed by atoms with E-state index in [-0.39, 0.29) is 6.04 Å². The highest BCUT2D eigenvalue weighted by atomic mass is 35.5. The molecule has 1 aromatic rings. The molecular formula is C14H21ClN2. The van der Waals surface area contributed by atoms with Crippen LogP contribution in [-0.4, -0.2) is 24.0 Å². The average Bonchev–Trinajstić information content (AvgIpc) is 2.32. The van der Waals surface area contributed by atoms with Crippen molar-refractivity contribution in [2.24, 2.45) is 11.7 Å². The molecular weight excluding hydrogens is 232 g/mol. The molecule has 1 fully saturated rings. The average molecular weight is 253 g/mol. The summed E-state index contributed by atoms with van der Waals surface area (Å²) in [6, 6.07) is 8.72. The molecule has 1 saturated heterocycles. The van der Waals surface area contributed by atoms with Crippen LogP contribution in [0.5, 0.6) is 0 Å². The number of nitrogens with two attached hydrogens (primary N) is 1. The molecule has 1 heterocycles. The number of rotatable bonds is 2. The van der Waals surface area contributed by atoms with Crippen molar-refractivity contribution in [3.05, 3.63) is 34.9 Å². The molecule has 0 amide bonds. The van der Waals surface area contributed by atoms with Gasteiger partial charge in [-0.15, -0.1) is 0 Å². The van der Waals surface area contributed by atoms with E-state index in [4.69, 9.17) is 17.3 Å². The van der Waals surface area contributed by atoms with Crippen LogP contribution < -0.4 is 5.73 Å². The molecule has 1 aromatic carbocycles. The summed E-state index contributed by atoms with van der Waals surface area (Å²) in [7, 11) is 0. The molecule has 3 heteroatoms. The van der Waals surface area contributed by atoms with Crippen LogP contribution in [0.25, 0.3) is 0 Å². The van der Waals surface area contributed by atoms with Gasteiger partial charge in [-0.25, -0.2) is 0 Å². The highest BCUT2D eigenvalue weighted by Crippen LogP contribution is 2.30. The van der Waals surface area contributed by atoms with Crippen LogP contribution in [0.2, 0.25) is 5.02 Å². The second kappa shape index (κ2) is 5.38. The smallest absolute Gasteiger partial charge is 0.0453 e. The fourth-order valence-electron chi connectivity index (χ4n) is 2.49. The van der Waals surface area contributed by atoms with E-state index in [0.29, 0.717) is 12.0 Å². The highest BCUT2D eigenvalue weighted by molar-refractivity contribution is 6.31. The van der Waals surface area contributed by atoms with E-state index in [1.54, 1.807) is 0 Å². The first kappa shape index (κ1) is 12.9. The van der Waals surface area contributed by atoms with Crippen LogP contribution in [0.15, 0.2) is 24.3 Å². The monoisotopic (exact) mass is 252 g/mol. The van der Waals surface area contributed by atoms with Crippen LogP contribution in [0.4, 0.5) is 0 Å². The zero-order chi connectivity index (χ0) is 12.4. The van der Waals surface area contributed by atoms with Crippen molar-refractivity contribution < 1.29 is 0 Å². The lowest BCUT2D eigenvalue weighted by molar-refractivity contribution is 0.128. The Bertz CT molecular complexity index is 380. The molecule has 0 spiro atoms. The predicted molar refractivity (Wildman–Crippen MR) is 73.2 cm³/mol. The Kier molecular flexibility index (Phi) is 4.08. The van der Waals surface area contributed by atoms with E-state index in [1.165, 1.54) is 12.0 Å². The van der Waals surface area contributed by atoms with E-state index < -0.39 is 0 Å². The quantitative estimate of drug-likeness (QED) is 0.877. The molecule has 2 nitrogen and oxygen atoms in total. The van der Waals surface area contributed by atoms with Crippen molar-refractivity contribution in [2.75, 3.05) is 13.1 Å². The van der Waals surface area contributed by atoms with Gasteiger partial charge in [0.25, 0.3) is 0 Å². The summed E-state index contributed by atoms with van der Waals surface area (Å²) in [5.74, 6) is 0.629. The van der Waals surface area contributed by atoms with E-state index in [1.807, 2.05) is 18.2 Å². The number of halogens is 1. The molecule has 1 aliphatic heterocycles. The molecule has 17 heavy (non-hydrogen) atoms. The summed E-state index contributed by atoms with van der Waals surface area (Å²) in [4.78, 5) is 2.44. The van der Waals surface area contributed by atoms with Gasteiger partial charge in [0.1, 0.15) is 0 Å². The number of piperidine rings is 1. The van der Waals surface area contributed by atoms with E-state index in [0.717, 1.165) is 18.1 Å². The standard InChI is InChI=1S/C14H21ClN2/c1-10-7-8-17(9-14(10)16)11(2)12-5-3-4-6-13(12)15/h3-6,10-11,14H,7-9,16H2,1-2H3. The van der Waals surface area contributed by atoms with Gasteiger partial charge in [-0.2, -0.15) is 0 Å². The summed E-state index contributed by atoms with van der Waals surface area (Å²) in [5.41, 5.74) is 7.35. The molecule has 2 N–H and O–H groups in total. The summed E-state index contributed by atoms with van der Waals surface area (Å²) in [5, 5.41) is 0.854. The lowest BCUT2D eigenvalue weighted by Crippen LogP contribution is -2.48. The number of nitrogens with zero attached hydrogens (tertiary/aromatic N) is 1. The third-order valence-electron chi connectivity index (χ3n) is 3.95. The van der Waals surface area contributed by atoms with Crippen molar-refractivity contribution in [2.45, 2.75) is 32.4 Å². The minimum atomic E-state index is 0.286. The van der Waals surface area contributed by atoms with Gasteiger partial charge in [-0.1, -0.05) is 36.7 Å². The Balaban J connectivity index is 2.10. The molecule has 0 radical (unpaired) electrons. The number of benzene rings is 1. The minimum Gasteiger partial charge on any atom is -0.326 e. The largest absolute Gasteiger partial charge is 0.326 e. The molecule has 3 unspecified atom stereocenters. The second-order valence-electron chi connectivity index (χ2n) is 5.12. The third kappa shape index (κ3) is 2.82. The van der Waals surface area contributed by atoms with Gasteiger partial charge < -0.3 is 5.73 Å². The Morgan fingerprint density at radius 1 is 1.41 bits per heavy atom. The summed E-state index contributed by atoms with van der Waals surface area (Å²) in [6.45, 7) is 6.53. The SMILES string of the molecule is CC1CCN(C(C)c2ccccc2Cl)CC1N. The van der Waals surface area contributed by atoms with Crippen LogP contribution >= 0.6 is 11.6 Å². The molecule has 0 aromatic heterocycles. The molecule has 94 valence electrons. The first-order valence-corrected chi connectivity index (χ1v) is 6.71. The van der Waals surface area contributed by atoms with Crippen molar-refractivity contribution in [1.29, 1.82) is 0 Å². The number of hydrogen-bond donors (Lipinski definition) is 1. The zero-order valence-electron chi connectivity index (χ0n) is 10.6. The summed E-state index contributed by atoms with van der Waals surface area (Å²) in [6.07, 6.45) is 1.18. The minimum absolute atomic E-state index is 0.286. The summed E-state index contributed by atoms with van der Waals surface area (Å²) < 4.78 is 0. The van der Waals surface area contributed by atoms with Gasteiger partial charge in [-0.3, -0.25) is 4.90 Å². The first-order chi connectivity index (χ1) is 8.09. The Morgan fingerprint density at radius 3 is 2.76 bits per heavy atom. The maximum Gasteiger partial charge on any atom is 0.0453 e. The number of hydrogen-bond acceptors (Lipinski definition) is 2. The van der Waals surface area contributed by atoms with Crippen LogP contribution in [0.3, 0.4) is 0 Å². The topological polar surface area (TPSA) is 29.3 Å². The van der Waals surface area contributed by atoms with Crippen LogP contribution in [-0.2, 0) is 0 Å². The van der Waals surface area contributed by atoms with Crippen molar-refractivity contribution >= 4 is 11.6 Å². The van der Waals surface area contributed by atoms with Gasteiger partial charge >= 0.3 is 0 Å². The molecule has 0 aliphatic carbocycles. The fourth-order valence-corrected chi connectivity index (χ4v) is 2.78. The lowest BCUT2D eigenvalue weighted by Gasteiger charge is -2.39. The highest BCUT2D eigenvalue weighted by Gasteiger charge is 2.27. The van der Waals surface area contributed by atoms with Crippen LogP contribution in [0.1, 0.15) is 31.9 Å². The lowest BCUT2D eigenvalue weighted by atomic mass is 9.92. The molecule has 0 bridgehead atoms. The van der Waals surface area contributed by atoms with Crippen molar-refractivity contribution in [3.63, 3.8) is 0 Å². The molecule has 1 aliphatic rings. The van der Waals surface area contributed by atoms with E-state index in [9.17, 15) is 0 Å². The van der Waals surface area contributed by atoms with Gasteiger partial charge in [0.15, 0.2) is 0 Å². The third-order valence-corrected chi connectivity index (χ3v) is 4.30. The van der Waals surface area contributed by atoms with E-state index >= 15 is 0 Å². The Morgan fingerprint density at radius 2 is 2.12 bits per heavy atom. The summed E-state index contributed by atoms with van der Waals surface area (Å²) >= 11 is 6.25. The van der Waals surface area contributed by atoms with Crippen LogP contribution in [0, 0.1) is 5.92 Å². The zero-order valence-corrected chi connectivity index (χ0v) is 11.3.